The Morgan fingerprint density at radius 3 is 2.05 bits per heavy atom. The van der Waals surface area contributed by atoms with Crippen LogP contribution in [0.25, 0.3) is 44.4 Å². The number of hydrogen-bond donors (Lipinski definition) is 8. The molecule has 0 atom stereocenters. The lowest BCUT2D eigenvalue weighted by atomic mass is 9.89. The van der Waals surface area contributed by atoms with Gasteiger partial charge in [-0.3, -0.25) is 9.59 Å². The molecule has 6 rings (SSSR count). The van der Waals surface area contributed by atoms with Crippen molar-refractivity contribution in [1.82, 2.24) is 0 Å². The SMILES string of the molecule is COc1c(CC=C(C)C)c(O)cc(O)c1-c1oc2cc(O)c(O)cc2c1C(=O)c1cc(-c2coc3cc(O)cc(O)c3c2=O)c(O)c(C/C=C(\C)CCC=C(C)C)c1O. The first-order valence-corrected chi connectivity index (χ1v) is 18.6. The zero-order chi connectivity index (χ0) is 43.0. The lowest BCUT2D eigenvalue weighted by Crippen LogP contribution is -2.09. The average molecular weight is 805 g/mol. The maximum absolute atomic E-state index is 15.2. The van der Waals surface area contributed by atoms with Gasteiger partial charge in [-0.15, -0.1) is 0 Å². The zero-order valence-corrected chi connectivity index (χ0v) is 33.2. The normalized spacial score (nSPS) is 11.6. The summed E-state index contributed by atoms with van der Waals surface area (Å²) >= 11 is 0. The third-order valence-electron chi connectivity index (χ3n) is 9.99. The topological polar surface area (TPSA) is 231 Å². The number of furan rings is 1. The van der Waals surface area contributed by atoms with E-state index >= 15 is 4.79 Å². The van der Waals surface area contributed by atoms with Crippen LogP contribution >= 0.6 is 0 Å². The predicted molar refractivity (Wildman–Crippen MR) is 222 cm³/mol. The van der Waals surface area contributed by atoms with Crippen molar-refractivity contribution in [2.24, 2.45) is 0 Å². The molecule has 6 aromatic rings. The Bertz CT molecular complexity index is 2820. The molecule has 2 heterocycles. The van der Waals surface area contributed by atoms with E-state index < -0.39 is 51.3 Å². The van der Waals surface area contributed by atoms with Crippen LogP contribution in [-0.2, 0) is 12.8 Å². The van der Waals surface area contributed by atoms with Crippen LogP contribution in [0.3, 0.4) is 0 Å². The van der Waals surface area contributed by atoms with E-state index in [-0.39, 0.29) is 91.2 Å². The van der Waals surface area contributed by atoms with E-state index in [4.69, 9.17) is 13.6 Å². The largest absolute Gasteiger partial charge is 0.508 e. The van der Waals surface area contributed by atoms with Crippen LogP contribution in [0.2, 0.25) is 0 Å². The molecule has 0 aliphatic rings. The fourth-order valence-corrected chi connectivity index (χ4v) is 6.94. The summed E-state index contributed by atoms with van der Waals surface area (Å²) in [6, 6.07) is 6.30. The minimum absolute atomic E-state index is 0.0637. The van der Waals surface area contributed by atoms with Crippen LogP contribution in [0.4, 0.5) is 0 Å². The van der Waals surface area contributed by atoms with E-state index in [0.717, 1.165) is 65.8 Å². The van der Waals surface area contributed by atoms with Gasteiger partial charge < -0.3 is 54.4 Å². The number of carbonyl (C=O) groups is 1. The first kappa shape index (κ1) is 41.4. The second-order valence-electron chi connectivity index (χ2n) is 14.8. The zero-order valence-electron chi connectivity index (χ0n) is 33.2. The summed E-state index contributed by atoms with van der Waals surface area (Å²) in [6.45, 7) is 9.53. The average Bonchev–Trinajstić information content (AvgIpc) is 3.50. The van der Waals surface area contributed by atoms with Crippen LogP contribution in [0.5, 0.6) is 51.7 Å². The molecule has 0 saturated carbocycles. The second kappa shape index (κ2) is 16.3. The molecule has 0 bridgehead atoms. The second-order valence-corrected chi connectivity index (χ2v) is 14.8. The highest BCUT2D eigenvalue weighted by Gasteiger charge is 2.33. The Balaban J connectivity index is 1.67. The molecule has 0 amide bonds. The van der Waals surface area contributed by atoms with Gasteiger partial charge in [0.25, 0.3) is 0 Å². The Labute approximate surface area is 337 Å². The van der Waals surface area contributed by atoms with Crippen LogP contribution in [0.15, 0.2) is 91.2 Å². The highest BCUT2D eigenvalue weighted by atomic mass is 16.5. The molecule has 8 N–H and O–H groups in total. The first-order valence-electron chi connectivity index (χ1n) is 18.6. The molecule has 0 radical (unpaired) electrons. The number of aromatic hydroxyl groups is 8. The summed E-state index contributed by atoms with van der Waals surface area (Å²) < 4.78 is 17.5. The predicted octanol–water partition coefficient (Wildman–Crippen LogP) is 9.50. The van der Waals surface area contributed by atoms with Crippen molar-refractivity contribution in [3.8, 4) is 74.2 Å². The molecule has 59 heavy (non-hydrogen) atoms. The number of rotatable bonds is 12. The molecule has 13 nitrogen and oxygen atoms in total. The number of ketones is 1. The van der Waals surface area contributed by atoms with Crippen LogP contribution in [-0.4, -0.2) is 53.7 Å². The van der Waals surface area contributed by atoms with E-state index in [9.17, 15) is 45.6 Å². The number of phenolic OH excluding ortho intramolecular Hbond substituents is 8. The molecule has 306 valence electrons. The van der Waals surface area contributed by atoms with Gasteiger partial charge in [-0.25, -0.2) is 0 Å². The molecule has 0 unspecified atom stereocenters. The summed E-state index contributed by atoms with van der Waals surface area (Å²) in [4.78, 5) is 29.2. The van der Waals surface area contributed by atoms with Crippen LogP contribution < -0.4 is 10.2 Å². The minimum atomic E-state index is -0.980. The summed E-state index contributed by atoms with van der Waals surface area (Å²) in [5, 5.41) is 87.4. The van der Waals surface area contributed by atoms with E-state index in [1.165, 1.54) is 7.11 Å². The third kappa shape index (κ3) is 7.87. The van der Waals surface area contributed by atoms with Gasteiger partial charge in [-0.2, -0.15) is 0 Å². The number of benzene rings is 4. The van der Waals surface area contributed by atoms with Crippen molar-refractivity contribution in [3.63, 3.8) is 0 Å². The molecular formula is C46H44O13. The van der Waals surface area contributed by atoms with Crippen LogP contribution in [0, 0.1) is 0 Å². The fraction of sp³-hybridized carbons (Fsp3) is 0.217. The number of allylic oxidation sites excluding steroid dienone is 6. The monoisotopic (exact) mass is 804 g/mol. The van der Waals surface area contributed by atoms with E-state index in [0.29, 0.717) is 6.42 Å². The van der Waals surface area contributed by atoms with Gasteiger partial charge >= 0.3 is 0 Å². The van der Waals surface area contributed by atoms with E-state index in [2.05, 4.69) is 6.08 Å². The smallest absolute Gasteiger partial charge is 0.204 e. The third-order valence-corrected chi connectivity index (χ3v) is 9.99. The van der Waals surface area contributed by atoms with Crippen molar-refractivity contribution < 1.29 is 59.2 Å². The van der Waals surface area contributed by atoms with Crippen molar-refractivity contribution in [1.29, 1.82) is 0 Å². The standard InChI is InChI=1S/C46H44O13/c1-21(2)8-7-9-23(5)11-13-26-41(53)27(30-20-58-37-15-24(47)14-34(51)39(37)44(30)56)16-29(42(26)54)43(55)38-28-17-32(49)33(50)19-36(28)59-46(38)40-35(52)18-31(48)25(45(40)57-6)12-10-22(3)4/h8,10-11,14-20,47-54H,7,9,12-13H2,1-6H3/b23-11+. The number of carbonyl (C=O) groups excluding carboxylic acids is 1. The highest BCUT2D eigenvalue weighted by molar-refractivity contribution is 6.22. The van der Waals surface area contributed by atoms with Gasteiger partial charge in [-0.1, -0.05) is 34.9 Å². The first-order chi connectivity index (χ1) is 27.9. The Kier molecular flexibility index (Phi) is 11.4. The molecule has 0 aliphatic carbocycles. The van der Waals surface area contributed by atoms with E-state index in [1.54, 1.807) is 12.2 Å². The number of fused-ring (bicyclic) bond motifs is 2. The maximum Gasteiger partial charge on any atom is 0.204 e. The number of phenols is 8. The van der Waals surface area contributed by atoms with Gasteiger partial charge in [0, 0.05) is 46.3 Å². The van der Waals surface area contributed by atoms with Crippen molar-refractivity contribution >= 4 is 27.7 Å². The van der Waals surface area contributed by atoms with Crippen molar-refractivity contribution in [2.75, 3.05) is 7.11 Å². The molecule has 0 spiro atoms. The Morgan fingerprint density at radius 2 is 1.37 bits per heavy atom. The summed E-state index contributed by atoms with van der Waals surface area (Å²) in [5.74, 6) is -5.69. The lowest BCUT2D eigenvalue weighted by Gasteiger charge is -2.17. The van der Waals surface area contributed by atoms with Crippen LogP contribution in [0.1, 0.15) is 74.5 Å². The molecule has 4 aromatic carbocycles. The summed E-state index contributed by atoms with van der Waals surface area (Å²) in [5.41, 5.74) is 0.358. The molecule has 0 fully saturated rings. The highest BCUT2D eigenvalue weighted by Crippen LogP contribution is 2.51. The minimum Gasteiger partial charge on any atom is -0.508 e. The number of ether oxygens (including phenoxy) is 1. The Hall–Kier alpha value is -7.28. The van der Waals surface area contributed by atoms with Crippen molar-refractivity contribution in [2.45, 2.75) is 60.3 Å². The quantitative estimate of drug-likeness (QED) is 0.0328. The Morgan fingerprint density at radius 1 is 0.695 bits per heavy atom. The molecule has 13 heteroatoms. The number of methoxy groups -OCH3 is 1. The van der Waals surface area contributed by atoms with Gasteiger partial charge in [0.2, 0.25) is 11.2 Å². The number of hydrogen-bond acceptors (Lipinski definition) is 13. The van der Waals surface area contributed by atoms with Gasteiger partial charge in [0.05, 0.1) is 23.8 Å². The molecule has 2 aromatic heterocycles. The van der Waals surface area contributed by atoms with Gasteiger partial charge in [-0.05, 0) is 72.4 Å². The van der Waals surface area contributed by atoms with Gasteiger partial charge in [0.1, 0.15) is 68.6 Å². The molecule has 0 saturated heterocycles. The van der Waals surface area contributed by atoms with E-state index in [1.807, 2.05) is 34.6 Å². The lowest BCUT2D eigenvalue weighted by molar-refractivity contribution is 0.103. The maximum atomic E-state index is 15.2. The summed E-state index contributed by atoms with van der Waals surface area (Å²) in [6.07, 6.45) is 8.02. The molecular weight excluding hydrogens is 760 g/mol. The van der Waals surface area contributed by atoms with Crippen molar-refractivity contribution in [3.05, 3.63) is 110 Å². The summed E-state index contributed by atoms with van der Waals surface area (Å²) in [7, 11) is 1.29. The molecule has 0 aliphatic heterocycles. The van der Waals surface area contributed by atoms with Gasteiger partial charge in [0.15, 0.2) is 17.3 Å². The fourth-order valence-electron chi connectivity index (χ4n) is 6.94.